The fraction of sp³-hybridized carbons (Fsp3) is 0.533. The van der Waals surface area contributed by atoms with E-state index in [1.807, 2.05) is 30.3 Å². The van der Waals surface area contributed by atoms with Crippen LogP contribution in [-0.4, -0.2) is 18.0 Å². The summed E-state index contributed by atoms with van der Waals surface area (Å²) < 4.78 is 5.12. The van der Waals surface area contributed by atoms with Crippen LogP contribution in [0.25, 0.3) is 0 Å². The zero-order valence-electron chi connectivity index (χ0n) is 11.2. The Kier molecular flexibility index (Phi) is 9.15. The summed E-state index contributed by atoms with van der Waals surface area (Å²) in [5.41, 5.74) is 1.01. The summed E-state index contributed by atoms with van der Waals surface area (Å²) in [4.78, 5) is 11.4. The molecule has 1 aromatic rings. The Morgan fingerprint density at radius 3 is 2.47 bits per heavy atom. The normalized spacial score (nSPS) is 10.2. The van der Waals surface area contributed by atoms with E-state index < -0.39 is 0 Å². The van der Waals surface area contributed by atoms with Crippen LogP contribution >= 0.6 is 15.9 Å². The van der Waals surface area contributed by atoms with Crippen LogP contribution in [0.5, 0.6) is 0 Å². The van der Waals surface area contributed by atoms with Crippen molar-refractivity contribution in [3.05, 3.63) is 35.9 Å². The molecule has 1 aromatic carbocycles. The Bertz CT molecular complexity index is 343. The minimum Gasteiger partial charge on any atom is -0.445 e. The summed E-state index contributed by atoms with van der Waals surface area (Å²) in [5, 5.41) is 3.85. The van der Waals surface area contributed by atoms with Gasteiger partial charge in [0.15, 0.2) is 0 Å². The molecule has 0 aliphatic rings. The second-order valence-electron chi connectivity index (χ2n) is 4.45. The molecule has 19 heavy (non-hydrogen) atoms. The van der Waals surface area contributed by atoms with Gasteiger partial charge < -0.3 is 10.1 Å². The maximum Gasteiger partial charge on any atom is 0.407 e. The van der Waals surface area contributed by atoms with E-state index in [-0.39, 0.29) is 6.09 Å². The Morgan fingerprint density at radius 2 is 1.74 bits per heavy atom. The quantitative estimate of drug-likeness (QED) is 0.543. The number of carbonyl (C=O) groups is 1. The molecular weight excluding hydrogens is 306 g/mol. The van der Waals surface area contributed by atoms with Crippen LogP contribution in [0.4, 0.5) is 4.79 Å². The number of benzene rings is 1. The van der Waals surface area contributed by atoms with Crippen molar-refractivity contribution in [3.63, 3.8) is 0 Å². The summed E-state index contributed by atoms with van der Waals surface area (Å²) >= 11 is 3.41. The molecule has 0 aromatic heterocycles. The Balaban J connectivity index is 1.96. The molecule has 0 radical (unpaired) electrons. The zero-order chi connectivity index (χ0) is 13.8. The van der Waals surface area contributed by atoms with E-state index in [0.717, 1.165) is 23.7 Å². The highest BCUT2D eigenvalue weighted by Gasteiger charge is 2.01. The van der Waals surface area contributed by atoms with Crippen LogP contribution < -0.4 is 5.32 Å². The Morgan fingerprint density at radius 1 is 1.05 bits per heavy atom. The molecule has 0 aliphatic heterocycles. The number of unbranched alkanes of at least 4 members (excludes halogenated alkanes) is 4. The number of ether oxygens (including phenoxy) is 1. The number of rotatable bonds is 9. The molecule has 0 atom stereocenters. The van der Waals surface area contributed by atoms with Gasteiger partial charge in [-0.25, -0.2) is 4.79 Å². The van der Waals surface area contributed by atoms with E-state index >= 15 is 0 Å². The lowest BCUT2D eigenvalue weighted by molar-refractivity contribution is 0.139. The number of hydrogen-bond acceptors (Lipinski definition) is 2. The van der Waals surface area contributed by atoms with Gasteiger partial charge in [0.05, 0.1) is 0 Å². The summed E-state index contributed by atoms with van der Waals surface area (Å²) in [6, 6.07) is 9.69. The molecule has 0 unspecified atom stereocenters. The molecule has 0 fully saturated rings. The molecule has 1 N–H and O–H groups in total. The molecule has 0 bridgehead atoms. The first-order chi connectivity index (χ1) is 9.33. The van der Waals surface area contributed by atoms with Crippen molar-refractivity contribution in [2.24, 2.45) is 0 Å². The highest BCUT2D eigenvalue weighted by Crippen LogP contribution is 2.04. The van der Waals surface area contributed by atoms with Gasteiger partial charge >= 0.3 is 6.09 Å². The Hall–Kier alpha value is -1.03. The fourth-order valence-electron chi connectivity index (χ4n) is 1.71. The molecule has 0 saturated heterocycles. The Labute approximate surface area is 123 Å². The van der Waals surface area contributed by atoms with E-state index in [2.05, 4.69) is 21.2 Å². The largest absolute Gasteiger partial charge is 0.445 e. The van der Waals surface area contributed by atoms with Crippen molar-refractivity contribution in [1.82, 2.24) is 5.32 Å². The minimum absolute atomic E-state index is 0.329. The summed E-state index contributed by atoms with van der Waals surface area (Å²) in [6.45, 7) is 1.03. The number of carbonyl (C=O) groups excluding carboxylic acids is 1. The number of alkyl halides is 1. The molecule has 0 heterocycles. The van der Waals surface area contributed by atoms with Crippen LogP contribution in [0.15, 0.2) is 30.3 Å². The van der Waals surface area contributed by atoms with Gasteiger partial charge in [-0.2, -0.15) is 0 Å². The standard InChI is InChI=1S/C15H22BrNO2/c16-11-7-2-1-3-8-12-17-15(18)19-13-14-9-5-4-6-10-14/h4-6,9-10H,1-3,7-8,11-13H2,(H,17,18). The van der Waals surface area contributed by atoms with Crippen LogP contribution in [0.2, 0.25) is 0 Å². The topological polar surface area (TPSA) is 38.3 Å². The number of hydrogen-bond donors (Lipinski definition) is 1. The molecule has 1 amide bonds. The molecule has 0 spiro atoms. The zero-order valence-corrected chi connectivity index (χ0v) is 12.8. The highest BCUT2D eigenvalue weighted by molar-refractivity contribution is 9.09. The van der Waals surface area contributed by atoms with E-state index in [1.54, 1.807) is 0 Å². The summed E-state index contributed by atoms with van der Waals surface area (Å²) in [5.74, 6) is 0. The average molecular weight is 328 g/mol. The first-order valence-corrected chi connectivity index (χ1v) is 7.95. The lowest BCUT2D eigenvalue weighted by Crippen LogP contribution is -2.25. The molecule has 0 aliphatic carbocycles. The van der Waals surface area contributed by atoms with Gasteiger partial charge in [0, 0.05) is 11.9 Å². The van der Waals surface area contributed by atoms with Crippen molar-refractivity contribution >= 4 is 22.0 Å². The third-order valence-corrected chi connectivity index (χ3v) is 3.35. The monoisotopic (exact) mass is 327 g/mol. The second kappa shape index (κ2) is 10.9. The predicted molar refractivity (Wildman–Crippen MR) is 81.5 cm³/mol. The van der Waals surface area contributed by atoms with Crippen molar-refractivity contribution in [1.29, 1.82) is 0 Å². The van der Waals surface area contributed by atoms with Crippen LogP contribution in [0.3, 0.4) is 0 Å². The molecule has 4 heteroatoms. The van der Waals surface area contributed by atoms with E-state index in [4.69, 9.17) is 4.74 Å². The molecule has 0 saturated carbocycles. The van der Waals surface area contributed by atoms with Gasteiger partial charge in [-0.1, -0.05) is 65.5 Å². The van der Waals surface area contributed by atoms with Crippen molar-refractivity contribution < 1.29 is 9.53 Å². The minimum atomic E-state index is -0.329. The first-order valence-electron chi connectivity index (χ1n) is 6.83. The third kappa shape index (κ3) is 8.65. The summed E-state index contributed by atoms with van der Waals surface area (Å²) in [7, 11) is 0. The van der Waals surface area contributed by atoms with Crippen LogP contribution in [0, 0.1) is 0 Å². The third-order valence-electron chi connectivity index (χ3n) is 2.79. The van der Waals surface area contributed by atoms with Crippen molar-refractivity contribution in [2.75, 3.05) is 11.9 Å². The number of nitrogens with one attached hydrogen (secondary N) is 1. The maximum absolute atomic E-state index is 11.4. The molecule has 1 rings (SSSR count). The first kappa shape index (κ1) is 16.0. The predicted octanol–water partition coefficient (Wildman–Crippen LogP) is 4.26. The summed E-state index contributed by atoms with van der Waals surface area (Å²) in [6.07, 6.45) is 5.56. The van der Waals surface area contributed by atoms with Gasteiger partial charge in [-0.05, 0) is 18.4 Å². The lowest BCUT2D eigenvalue weighted by atomic mass is 10.1. The maximum atomic E-state index is 11.4. The lowest BCUT2D eigenvalue weighted by Gasteiger charge is -2.07. The van der Waals surface area contributed by atoms with Gasteiger partial charge in [0.1, 0.15) is 6.61 Å². The number of halogens is 1. The van der Waals surface area contributed by atoms with E-state index in [0.29, 0.717) is 13.2 Å². The van der Waals surface area contributed by atoms with Crippen LogP contribution in [-0.2, 0) is 11.3 Å². The SMILES string of the molecule is O=C(NCCCCCCCBr)OCc1ccccc1. The van der Waals surface area contributed by atoms with Crippen molar-refractivity contribution in [3.8, 4) is 0 Å². The van der Waals surface area contributed by atoms with Gasteiger partial charge in [0.2, 0.25) is 0 Å². The van der Waals surface area contributed by atoms with Crippen molar-refractivity contribution in [2.45, 2.75) is 38.7 Å². The van der Waals surface area contributed by atoms with Gasteiger partial charge in [-0.15, -0.1) is 0 Å². The number of alkyl carbamates (subject to hydrolysis) is 1. The smallest absolute Gasteiger partial charge is 0.407 e. The molecule has 106 valence electrons. The number of amides is 1. The highest BCUT2D eigenvalue weighted by atomic mass is 79.9. The van der Waals surface area contributed by atoms with E-state index in [9.17, 15) is 4.79 Å². The fourth-order valence-corrected chi connectivity index (χ4v) is 2.11. The van der Waals surface area contributed by atoms with E-state index in [1.165, 1.54) is 19.3 Å². The second-order valence-corrected chi connectivity index (χ2v) is 5.24. The average Bonchev–Trinajstić information content (AvgIpc) is 2.45. The van der Waals surface area contributed by atoms with Gasteiger partial charge in [0.25, 0.3) is 0 Å². The van der Waals surface area contributed by atoms with Gasteiger partial charge in [-0.3, -0.25) is 0 Å². The van der Waals surface area contributed by atoms with Crippen LogP contribution in [0.1, 0.15) is 37.7 Å². The molecule has 3 nitrogen and oxygen atoms in total. The molecular formula is C15H22BrNO2.